The van der Waals surface area contributed by atoms with Gasteiger partial charge in [0, 0.05) is 12.2 Å². The summed E-state index contributed by atoms with van der Waals surface area (Å²) in [7, 11) is 0. The Balaban J connectivity index is 1.82. The molecule has 0 radical (unpaired) electrons. The van der Waals surface area contributed by atoms with Crippen LogP contribution in [0.5, 0.6) is 0 Å². The van der Waals surface area contributed by atoms with Gasteiger partial charge in [-0.2, -0.15) is 0 Å². The monoisotopic (exact) mass is 538 g/mol. The molecular formula is C31H42N2O6. The van der Waals surface area contributed by atoms with Crippen LogP contribution in [0.2, 0.25) is 0 Å². The van der Waals surface area contributed by atoms with Gasteiger partial charge in [-0.15, -0.1) is 13.2 Å². The maximum atomic E-state index is 14.7. The molecule has 1 spiro atoms. The fourth-order valence-corrected chi connectivity index (χ4v) is 7.17. The second-order valence-electron chi connectivity index (χ2n) is 11.6. The lowest BCUT2D eigenvalue weighted by atomic mass is 9.62. The number of para-hydroxylation sites is 1. The van der Waals surface area contributed by atoms with Crippen molar-refractivity contribution in [2.24, 2.45) is 17.8 Å². The third-order valence-corrected chi connectivity index (χ3v) is 9.06. The number of allylic oxidation sites excluding steroid dienone is 1. The van der Waals surface area contributed by atoms with Crippen molar-refractivity contribution in [1.29, 1.82) is 0 Å². The molecule has 3 aliphatic rings. The number of benzene rings is 1. The Morgan fingerprint density at radius 2 is 1.95 bits per heavy atom. The van der Waals surface area contributed by atoms with Gasteiger partial charge in [0.2, 0.25) is 5.91 Å². The number of carbonyl (C=O) groups excluding carboxylic acids is 3. The summed E-state index contributed by atoms with van der Waals surface area (Å²) in [5.41, 5.74) is 0.431. The minimum atomic E-state index is -1.22. The molecule has 8 heteroatoms. The highest BCUT2D eigenvalue weighted by atomic mass is 16.6. The van der Waals surface area contributed by atoms with Crippen molar-refractivity contribution in [3.63, 3.8) is 0 Å². The van der Waals surface area contributed by atoms with Crippen LogP contribution in [0, 0.1) is 31.6 Å². The summed E-state index contributed by atoms with van der Waals surface area (Å²) in [4.78, 5) is 45.5. The summed E-state index contributed by atoms with van der Waals surface area (Å²) in [5.74, 6) is -2.96. The van der Waals surface area contributed by atoms with Crippen molar-refractivity contribution in [1.82, 2.24) is 4.90 Å². The zero-order valence-corrected chi connectivity index (χ0v) is 23.8. The first-order valence-corrected chi connectivity index (χ1v) is 13.9. The van der Waals surface area contributed by atoms with E-state index < -0.39 is 41.1 Å². The Morgan fingerprint density at radius 1 is 1.28 bits per heavy atom. The van der Waals surface area contributed by atoms with Crippen molar-refractivity contribution in [3.05, 3.63) is 54.6 Å². The molecule has 3 unspecified atom stereocenters. The highest BCUT2D eigenvalue weighted by molar-refractivity contribution is 6.05. The molecule has 0 aromatic heterocycles. The third-order valence-electron chi connectivity index (χ3n) is 9.06. The number of amides is 2. The normalized spacial score (nSPS) is 31.6. The van der Waals surface area contributed by atoms with Gasteiger partial charge in [-0.05, 0) is 64.0 Å². The average Bonchev–Trinajstić information content (AvgIpc) is 3.41. The Labute approximate surface area is 231 Å². The molecular weight excluding hydrogens is 496 g/mol. The molecule has 2 bridgehead atoms. The number of hydrogen-bond donors (Lipinski definition) is 1. The number of ether oxygens (including phenoxy) is 2. The van der Waals surface area contributed by atoms with Gasteiger partial charge in [0.1, 0.15) is 17.6 Å². The quantitative estimate of drug-likeness (QED) is 0.262. The number of fused-ring (bicyclic) bond motifs is 1. The molecule has 0 saturated carbocycles. The van der Waals surface area contributed by atoms with Crippen LogP contribution in [-0.2, 0) is 23.9 Å². The fraction of sp³-hybridized carbons (Fsp3) is 0.581. The van der Waals surface area contributed by atoms with E-state index in [0.717, 1.165) is 16.8 Å². The topological polar surface area (TPSA) is 96.4 Å². The Hall–Kier alpha value is -2.97. The summed E-state index contributed by atoms with van der Waals surface area (Å²) in [6.45, 7) is 17.2. The van der Waals surface area contributed by atoms with Gasteiger partial charge in [-0.1, -0.05) is 37.3 Å². The summed E-state index contributed by atoms with van der Waals surface area (Å²) in [5, 5.41) is 10.2. The van der Waals surface area contributed by atoms with Crippen molar-refractivity contribution in [2.75, 3.05) is 24.7 Å². The molecule has 212 valence electrons. The lowest BCUT2D eigenvalue weighted by Crippen LogP contribution is -2.59. The number of unbranched alkanes of at least 4 members (excludes halogenated alkanes) is 1. The highest BCUT2D eigenvalue weighted by Crippen LogP contribution is 2.65. The summed E-state index contributed by atoms with van der Waals surface area (Å²) in [6.07, 6.45) is 5.22. The van der Waals surface area contributed by atoms with Crippen LogP contribution < -0.4 is 4.90 Å². The zero-order chi connectivity index (χ0) is 28.7. The number of aryl methyl sites for hydroxylation is 2. The van der Waals surface area contributed by atoms with E-state index in [0.29, 0.717) is 19.3 Å². The smallest absolute Gasteiger partial charge is 0.312 e. The average molecular weight is 539 g/mol. The number of nitrogens with zero attached hydrogens (tertiary/aromatic N) is 2. The van der Waals surface area contributed by atoms with Gasteiger partial charge < -0.3 is 24.4 Å². The van der Waals surface area contributed by atoms with Crippen molar-refractivity contribution < 1.29 is 29.0 Å². The molecule has 0 aliphatic carbocycles. The first-order chi connectivity index (χ1) is 18.5. The number of aliphatic hydroxyl groups excluding tert-OH is 1. The van der Waals surface area contributed by atoms with E-state index in [4.69, 9.17) is 9.47 Å². The number of carbonyl (C=O) groups is 3. The van der Waals surface area contributed by atoms with Crippen LogP contribution in [0.4, 0.5) is 5.69 Å². The minimum absolute atomic E-state index is 0.0972. The molecule has 3 saturated heterocycles. The summed E-state index contributed by atoms with van der Waals surface area (Å²) < 4.78 is 12.4. The van der Waals surface area contributed by atoms with E-state index in [1.54, 1.807) is 24.0 Å². The maximum Gasteiger partial charge on any atom is 0.312 e. The molecule has 3 aliphatic heterocycles. The van der Waals surface area contributed by atoms with Gasteiger partial charge >= 0.3 is 5.97 Å². The standard InChI is InChI=1S/C31H42N2O6/c1-8-10-11-16-38-29(37)24-23-27(35)33(22(6)18-34)26(31(23)17-21(5)30(24,7)39-31)28(36)32(15-9-2)25-19(3)13-12-14-20(25)4/h8-9,12-14,21-24,26,34H,1-2,10-11,15-18H2,3-7H3/t21?,22-,23+,24-,26?,30+,31?/m1/s1. The Morgan fingerprint density at radius 3 is 2.54 bits per heavy atom. The molecule has 8 nitrogen and oxygen atoms in total. The number of aliphatic hydroxyl groups is 1. The number of hydrogen-bond acceptors (Lipinski definition) is 6. The van der Waals surface area contributed by atoms with Crippen LogP contribution in [0.15, 0.2) is 43.5 Å². The predicted molar refractivity (Wildman–Crippen MR) is 149 cm³/mol. The second-order valence-corrected chi connectivity index (χ2v) is 11.6. The van der Waals surface area contributed by atoms with E-state index in [9.17, 15) is 19.5 Å². The number of anilines is 1. The molecule has 2 amide bonds. The van der Waals surface area contributed by atoms with Crippen LogP contribution in [0.25, 0.3) is 0 Å². The van der Waals surface area contributed by atoms with Crippen LogP contribution >= 0.6 is 0 Å². The number of likely N-dealkylation sites (tertiary alicyclic amines) is 1. The van der Waals surface area contributed by atoms with E-state index in [1.165, 1.54) is 4.90 Å². The zero-order valence-electron chi connectivity index (χ0n) is 23.8. The molecule has 7 atom stereocenters. The summed E-state index contributed by atoms with van der Waals surface area (Å²) in [6, 6.07) is 4.16. The number of esters is 1. The van der Waals surface area contributed by atoms with Gasteiger partial charge in [-0.3, -0.25) is 14.4 Å². The SMILES string of the molecule is C=CCCCOC(=O)[C@H]1[C@H]2C(=O)N([C@H](C)CO)C(C(=O)N(CC=C)c3c(C)cccc3C)C23CC(C)[C@]1(C)O3. The Kier molecular flexibility index (Phi) is 8.11. The third kappa shape index (κ3) is 4.42. The second kappa shape index (κ2) is 10.9. The maximum absolute atomic E-state index is 14.7. The van der Waals surface area contributed by atoms with Gasteiger partial charge in [0.15, 0.2) is 0 Å². The first kappa shape index (κ1) is 29.0. The van der Waals surface area contributed by atoms with E-state index in [1.807, 2.05) is 45.9 Å². The molecule has 3 fully saturated rings. The van der Waals surface area contributed by atoms with E-state index >= 15 is 0 Å². The molecule has 1 aromatic carbocycles. The lowest BCUT2D eigenvalue weighted by molar-refractivity contribution is -0.162. The van der Waals surface area contributed by atoms with Crippen LogP contribution in [0.3, 0.4) is 0 Å². The highest BCUT2D eigenvalue weighted by Gasteiger charge is 2.80. The van der Waals surface area contributed by atoms with Crippen molar-refractivity contribution in [2.45, 2.75) is 77.2 Å². The lowest BCUT2D eigenvalue weighted by Gasteiger charge is -2.39. The molecule has 1 aromatic rings. The molecule has 4 rings (SSSR count). The number of rotatable bonds is 11. The van der Waals surface area contributed by atoms with Gasteiger partial charge in [0.25, 0.3) is 5.91 Å². The molecule has 3 heterocycles. The predicted octanol–water partition coefficient (Wildman–Crippen LogP) is 3.72. The molecule has 39 heavy (non-hydrogen) atoms. The first-order valence-electron chi connectivity index (χ1n) is 13.9. The van der Waals surface area contributed by atoms with Crippen LogP contribution in [0.1, 0.15) is 51.2 Å². The largest absolute Gasteiger partial charge is 0.465 e. The fourth-order valence-electron chi connectivity index (χ4n) is 7.17. The summed E-state index contributed by atoms with van der Waals surface area (Å²) >= 11 is 0. The molecule has 1 N–H and O–H groups in total. The van der Waals surface area contributed by atoms with Gasteiger partial charge in [0.05, 0.1) is 30.8 Å². The van der Waals surface area contributed by atoms with E-state index in [-0.39, 0.29) is 37.5 Å². The van der Waals surface area contributed by atoms with Crippen molar-refractivity contribution in [3.8, 4) is 0 Å². The van der Waals surface area contributed by atoms with Crippen molar-refractivity contribution >= 4 is 23.5 Å². The minimum Gasteiger partial charge on any atom is -0.465 e. The van der Waals surface area contributed by atoms with E-state index in [2.05, 4.69) is 13.2 Å². The Bertz CT molecular complexity index is 1150. The van der Waals surface area contributed by atoms with Gasteiger partial charge in [-0.25, -0.2) is 0 Å². The van der Waals surface area contributed by atoms with Crippen LogP contribution in [-0.4, -0.2) is 70.8 Å².